The van der Waals surface area contributed by atoms with Crippen molar-refractivity contribution in [1.82, 2.24) is 5.01 Å². The summed E-state index contributed by atoms with van der Waals surface area (Å²) in [7, 11) is 0. The van der Waals surface area contributed by atoms with Crippen LogP contribution in [0.15, 0.2) is 5.29 Å². The third-order valence-electron chi connectivity index (χ3n) is 1.33. The summed E-state index contributed by atoms with van der Waals surface area (Å²) in [6.07, 6.45) is -0.597. The first-order valence-corrected chi connectivity index (χ1v) is 3.77. The minimum Gasteiger partial charge on any atom is -0.440 e. The number of carbonyl (C=O) groups excluding carboxylic acids is 1. The Kier molecular flexibility index (Phi) is 4.25. The van der Waals surface area contributed by atoms with Crippen LogP contribution in [-0.2, 0) is 9.53 Å². The van der Waals surface area contributed by atoms with E-state index in [-0.39, 0.29) is 6.04 Å². The van der Waals surface area contributed by atoms with Crippen molar-refractivity contribution in [3.8, 4) is 0 Å². The Labute approximate surface area is 71.6 Å². The standard InChI is InChI=1S/C7H14N2O3/c1-5(2)9(8-11)6(3)12-7(4)10/h5-6H,1-4H3. The molecule has 0 aliphatic carbocycles. The Morgan fingerprint density at radius 1 is 1.42 bits per heavy atom. The number of carbonyl (C=O) groups is 1. The molecule has 5 nitrogen and oxygen atoms in total. The molecule has 0 aromatic carbocycles. The van der Waals surface area contributed by atoms with Crippen LogP contribution >= 0.6 is 0 Å². The van der Waals surface area contributed by atoms with Crippen LogP contribution < -0.4 is 0 Å². The van der Waals surface area contributed by atoms with Crippen LogP contribution in [-0.4, -0.2) is 23.2 Å². The number of hydrogen-bond donors (Lipinski definition) is 0. The van der Waals surface area contributed by atoms with Crippen molar-refractivity contribution >= 4 is 5.97 Å². The molecule has 1 unspecified atom stereocenters. The molecular weight excluding hydrogens is 160 g/mol. The smallest absolute Gasteiger partial charge is 0.304 e. The highest BCUT2D eigenvalue weighted by atomic mass is 16.6. The minimum absolute atomic E-state index is 0.0724. The summed E-state index contributed by atoms with van der Waals surface area (Å²) in [6.45, 7) is 6.48. The lowest BCUT2D eigenvalue weighted by molar-refractivity contribution is -0.156. The summed E-state index contributed by atoms with van der Waals surface area (Å²) in [5.41, 5.74) is 0. The zero-order valence-electron chi connectivity index (χ0n) is 7.77. The molecule has 5 heteroatoms. The van der Waals surface area contributed by atoms with Crippen molar-refractivity contribution in [3.05, 3.63) is 4.91 Å². The van der Waals surface area contributed by atoms with Crippen LogP contribution in [0.3, 0.4) is 0 Å². The second kappa shape index (κ2) is 4.69. The largest absolute Gasteiger partial charge is 0.440 e. The van der Waals surface area contributed by atoms with Crippen molar-refractivity contribution < 1.29 is 9.53 Å². The van der Waals surface area contributed by atoms with E-state index in [1.54, 1.807) is 20.8 Å². The molecule has 0 radical (unpaired) electrons. The average molecular weight is 174 g/mol. The fourth-order valence-corrected chi connectivity index (χ4v) is 0.875. The monoisotopic (exact) mass is 174 g/mol. The molecular formula is C7H14N2O3. The van der Waals surface area contributed by atoms with E-state index >= 15 is 0 Å². The lowest BCUT2D eigenvalue weighted by Gasteiger charge is -2.25. The maximum absolute atomic E-state index is 10.5. The molecule has 0 bridgehead atoms. The molecule has 0 aliphatic heterocycles. The first-order valence-electron chi connectivity index (χ1n) is 3.77. The predicted octanol–water partition coefficient (Wildman–Crippen LogP) is 1.29. The van der Waals surface area contributed by atoms with Gasteiger partial charge in [-0.2, -0.15) is 0 Å². The van der Waals surface area contributed by atoms with E-state index in [9.17, 15) is 9.70 Å². The number of nitroso groups, excluding NO2 is 1. The Hall–Kier alpha value is -1.13. The van der Waals surface area contributed by atoms with E-state index in [1.165, 1.54) is 11.9 Å². The van der Waals surface area contributed by atoms with Gasteiger partial charge in [0, 0.05) is 13.0 Å². The summed E-state index contributed by atoms with van der Waals surface area (Å²) >= 11 is 0. The Morgan fingerprint density at radius 2 is 1.92 bits per heavy atom. The third-order valence-corrected chi connectivity index (χ3v) is 1.33. The van der Waals surface area contributed by atoms with E-state index in [1.807, 2.05) is 0 Å². The van der Waals surface area contributed by atoms with Crippen molar-refractivity contribution in [1.29, 1.82) is 0 Å². The predicted molar refractivity (Wildman–Crippen MR) is 44.0 cm³/mol. The fraction of sp³-hybridized carbons (Fsp3) is 0.857. The maximum Gasteiger partial charge on any atom is 0.304 e. The molecule has 0 amide bonds. The van der Waals surface area contributed by atoms with Crippen LogP contribution in [0.1, 0.15) is 27.7 Å². The number of esters is 1. The van der Waals surface area contributed by atoms with Gasteiger partial charge >= 0.3 is 5.97 Å². The molecule has 0 fully saturated rings. The molecule has 0 aromatic rings. The van der Waals surface area contributed by atoms with Gasteiger partial charge in [-0.3, -0.25) is 4.79 Å². The normalized spacial score (nSPS) is 12.4. The highest BCUT2D eigenvalue weighted by Gasteiger charge is 2.18. The molecule has 0 N–H and O–H groups in total. The van der Waals surface area contributed by atoms with Gasteiger partial charge in [-0.15, -0.1) is 4.91 Å². The van der Waals surface area contributed by atoms with Crippen LogP contribution in [0.4, 0.5) is 0 Å². The summed E-state index contributed by atoms with van der Waals surface area (Å²) in [5.74, 6) is -0.420. The Balaban J connectivity index is 4.11. The van der Waals surface area contributed by atoms with Crippen LogP contribution in [0, 0.1) is 4.91 Å². The molecule has 70 valence electrons. The van der Waals surface area contributed by atoms with E-state index in [2.05, 4.69) is 5.29 Å². The Bertz CT molecular complexity index is 170. The number of hydrogen-bond acceptors (Lipinski definition) is 4. The van der Waals surface area contributed by atoms with Crippen molar-refractivity contribution in [2.24, 2.45) is 5.29 Å². The molecule has 0 heterocycles. The van der Waals surface area contributed by atoms with Crippen molar-refractivity contribution in [2.45, 2.75) is 40.0 Å². The van der Waals surface area contributed by atoms with E-state index in [0.717, 1.165) is 0 Å². The maximum atomic E-state index is 10.5. The van der Waals surface area contributed by atoms with Gasteiger partial charge < -0.3 is 4.74 Å². The van der Waals surface area contributed by atoms with Gasteiger partial charge in [0.15, 0.2) is 6.23 Å². The number of nitrogens with zero attached hydrogens (tertiary/aromatic N) is 2. The first-order chi connectivity index (χ1) is 5.49. The van der Waals surface area contributed by atoms with E-state index < -0.39 is 12.2 Å². The highest BCUT2D eigenvalue weighted by molar-refractivity contribution is 5.66. The zero-order chi connectivity index (χ0) is 9.72. The van der Waals surface area contributed by atoms with Gasteiger partial charge in [0.05, 0.1) is 5.29 Å². The van der Waals surface area contributed by atoms with Gasteiger partial charge in [-0.25, -0.2) is 5.01 Å². The molecule has 0 saturated carbocycles. The summed E-state index contributed by atoms with van der Waals surface area (Å²) in [6, 6.07) is -0.0724. The average Bonchev–Trinajstić information content (AvgIpc) is 1.85. The molecule has 12 heavy (non-hydrogen) atoms. The van der Waals surface area contributed by atoms with Gasteiger partial charge in [0.2, 0.25) is 0 Å². The molecule has 0 rings (SSSR count). The summed E-state index contributed by atoms with van der Waals surface area (Å²) in [4.78, 5) is 20.8. The van der Waals surface area contributed by atoms with Gasteiger partial charge in [0.25, 0.3) is 0 Å². The molecule has 0 aliphatic rings. The van der Waals surface area contributed by atoms with Gasteiger partial charge in [-0.1, -0.05) is 0 Å². The zero-order valence-corrected chi connectivity index (χ0v) is 7.77. The second-order valence-corrected chi connectivity index (χ2v) is 2.76. The molecule has 0 aromatic heterocycles. The summed E-state index contributed by atoms with van der Waals surface area (Å²) in [5, 5.41) is 3.93. The third kappa shape index (κ3) is 3.32. The fourth-order valence-electron chi connectivity index (χ4n) is 0.875. The topological polar surface area (TPSA) is 59.0 Å². The lowest BCUT2D eigenvalue weighted by atomic mass is 10.4. The number of ether oxygens (including phenoxy) is 1. The van der Waals surface area contributed by atoms with Gasteiger partial charge in [-0.05, 0) is 20.8 Å². The van der Waals surface area contributed by atoms with Gasteiger partial charge in [0.1, 0.15) is 0 Å². The van der Waals surface area contributed by atoms with Crippen LogP contribution in [0.2, 0.25) is 0 Å². The lowest BCUT2D eigenvalue weighted by Crippen LogP contribution is -2.36. The summed E-state index contributed by atoms with van der Waals surface area (Å²) < 4.78 is 4.76. The van der Waals surface area contributed by atoms with Crippen LogP contribution in [0.25, 0.3) is 0 Å². The molecule has 1 atom stereocenters. The quantitative estimate of drug-likeness (QED) is 0.279. The highest BCUT2D eigenvalue weighted by Crippen LogP contribution is 2.06. The molecule has 0 spiro atoms. The van der Waals surface area contributed by atoms with Crippen molar-refractivity contribution in [2.75, 3.05) is 0 Å². The minimum atomic E-state index is -0.597. The van der Waals surface area contributed by atoms with Crippen LogP contribution in [0.5, 0.6) is 0 Å². The van der Waals surface area contributed by atoms with E-state index in [0.29, 0.717) is 0 Å². The van der Waals surface area contributed by atoms with Crippen molar-refractivity contribution in [3.63, 3.8) is 0 Å². The number of rotatable bonds is 4. The second-order valence-electron chi connectivity index (χ2n) is 2.76. The first kappa shape index (κ1) is 10.9. The van der Waals surface area contributed by atoms with E-state index in [4.69, 9.17) is 4.74 Å². The molecule has 0 saturated heterocycles. The Morgan fingerprint density at radius 3 is 2.17 bits per heavy atom. The SMILES string of the molecule is CC(=O)OC(C)N(N=O)C(C)C.